The smallest absolute Gasteiger partial charge is 0.225 e. The lowest BCUT2D eigenvalue weighted by Gasteiger charge is -2.33. The summed E-state index contributed by atoms with van der Waals surface area (Å²) in [5, 5.41) is 3.32. The zero-order valence-corrected chi connectivity index (χ0v) is 17.4. The van der Waals surface area contributed by atoms with E-state index in [0.29, 0.717) is 24.3 Å². The number of anilines is 1. The fraction of sp³-hybridized carbons (Fsp3) is 0.522. The number of aromatic nitrogens is 2. The molecule has 1 aromatic carbocycles. The Morgan fingerprint density at radius 2 is 1.71 bits per heavy atom. The number of hydrogen-bond acceptors (Lipinski definition) is 4. The number of benzene rings is 1. The second-order valence-electron chi connectivity index (χ2n) is 8.39. The van der Waals surface area contributed by atoms with Crippen molar-refractivity contribution in [3.8, 4) is 0 Å². The molecule has 5 nitrogen and oxygen atoms in total. The first-order valence-electron chi connectivity index (χ1n) is 10.4. The summed E-state index contributed by atoms with van der Waals surface area (Å²) in [6, 6.07) is 10.5. The quantitative estimate of drug-likeness (QED) is 0.810. The van der Waals surface area contributed by atoms with E-state index in [9.17, 15) is 4.79 Å². The van der Waals surface area contributed by atoms with Gasteiger partial charge >= 0.3 is 0 Å². The Labute approximate surface area is 168 Å². The molecule has 2 aromatic rings. The predicted molar refractivity (Wildman–Crippen MR) is 113 cm³/mol. The standard InChI is InChI=1S/C23H32N4O/c1-16(2)18-8-10-19(11-9-18)21(17(3)4)26-22(28)20-7-5-14-27(15-20)23-24-12-6-13-25-23/h6,8-13,16-17,20-21H,5,7,14-15H2,1-4H3,(H,26,28)/t20-,21+/m1/s1. The summed E-state index contributed by atoms with van der Waals surface area (Å²) in [5.74, 6) is 1.64. The molecule has 1 amide bonds. The van der Waals surface area contributed by atoms with Crippen LogP contribution >= 0.6 is 0 Å². The summed E-state index contributed by atoms with van der Waals surface area (Å²) in [4.78, 5) is 23.9. The Kier molecular flexibility index (Phi) is 6.65. The van der Waals surface area contributed by atoms with Crippen molar-refractivity contribution in [1.82, 2.24) is 15.3 Å². The zero-order valence-electron chi connectivity index (χ0n) is 17.4. The Balaban J connectivity index is 1.68. The maximum atomic E-state index is 13.1. The molecule has 0 bridgehead atoms. The molecule has 1 aliphatic heterocycles. The summed E-state index contributed by atoms with van der Waals surface area (Å²) >= 11 is 0. The fourth-order valence-corrected chi connectivity index (χ4v) is 3.82. The van der Waals surface area contributed by atoms with Crippen LogP contribution in [0.5, 0.6) is 0 Å². The summed E-state index contributed by atoms with van der Waals surface area (Å²) < 4.78 is 0. The molecule has 1 N–H and O–H groups in total. The minimum absolute atomic E-state index is 0.0251. The number of carbonyl (C=O) groups excluding carboxylic acids is 1. The average Bonchev–Trinajstić information content (AvgIpc) is 2.72. The Bertz CT molecular complexity index is 758. The lowest BCUT2D eigenvalue weighted by Crippen LogP contribution is -2.45. The SMILES string of the molecule is CC(C)c1ccc([C@@H](NC(=O)[C@@H]2CCCN(c3ncccn3)C2)C(C)C)cc1. The van der Waals surface area contributed by atoms with Crippen LogP contribution in [0.2, 0.25) is 0 Å². The van der Waals surface area contributed by atoms with Gasteiger partial charge < -0.3 is 10.2 Å². The first kappa shape index (κ1) is 20.3. The molecule has 2 heterocycles. The molecular weight excluding hydrogens is 348 g/mol. The van der Waals surface area contributed by atoms with Crippen LogP contribution in [0, 0.1) is 11.8 Å². The van der Waals surface area contributed by atoms with E-state index < -0.39 is 0 Å². The van der Waals surface area contributed by atoms with E-state index in [2.05, 4.69) is 72.1 Å². The molecule has 0 spiro atoms. The maximum Gasteiger partial charge on any atom is 0.225 e. The van der Waals surface area contributed by atoms with Crippen LogP contribution in [0.1, 0.15) is 63.6 Å². The Morgan fingerprint density at radius 1 is 1.07 bits per heavy atom. The molecule has 3 rings (SSSR count). The average molecular weight is 381 g/mol. The van der Waals surface area contributed by atoms with Crippen LogP contribution in [0.4, 0.5) is 5.95 Å². The van der Waals surface area contributed by atoms with Gasteiger partial charge in [-0.3, -0.25) is 4.79 Å². The minimum atomic E-state index is -0.0336. The third-order valence-electron chi connectivity index (χ3n) is 5.55. The van der Waals surface area contributed by atoms with Gasteiger partial charge in [-0.15, -0.1) is 0 Å². The number of nitrogens with one attached hydrogen (secondary N) is 1. The molecule has 1 saturated heterocycles. The van der Waals surface area contributed by atoms with Crippen molar-refractivity contribution < 1.29 is 4.79 Å². The number of amides is 1. The van der Waals surface area contributed by atoms with Gasteiger partial charge in [0.1, 0.15) is 0 Å². The van der Waals surface area contributed by atoms with Gasteiger partial charge in [-0.05, 0) is 41.9 Å². The van der Waals surface area contributed by atoms with E-state index in [1.807, 2.05) is 6.07 Å². The molecule has 0 saturated carbocycles. The van der Waals surface area contributed by atoms with Crippen molar-refractivity contribution in [2.75, 3.05) is 18.0 Å². The maximum absolute atomic E-state index is 13.1. The lowest BCUT2D eigenvalue weighted by atomic mass is 9.91. The highest BCUT2D eigenvalue weighted by atomic mass is 16.2. The summed E-state index contributed by atoms with van der Waals surface area (Å²) in [5.41, 5.74) is 2.50. The number of rotatable bonds is 6. The van der Waals surface area contributed by atoms with Crippen LogP contribution in [-0.4, -0.2) is 29.0 Å². The number of carbonyl (C=O) groups is 1. The summed E-state index contributed by atoms with van der Waals surface area (Å²) in [6.45, 7) is 10.3. The Hall–Kier alpha value is -2.43. The number of nitrogens with zero attached hydrogens (tertiary/aromatic N) is 3. The largest absolute Gasteiger partial charge is 0.349 e. The highest BCUT2D eigenvalue weighted by Gasteiger charge is 2.29. The topological polar surface area (TPSA) is 58.1 Å². The summed E-state index contributed by atoms with van der Waals surface area (Å²) in [7, 11) is 0. The second kappa shape index (κ2) is 9.18. The van der Waals surface area contributed by atoms with Crippen molar-refractivity contribution >= 4 is 11.9 Å². The minimum Gasteiger partial charge on any atom is -0.349 e. The van der Waals surface area contributed by atoms with E-state index in [4.69, 9.17) is 0 Å². The molecule has 0 radical (unpaired) electrons. The van der Waals surface area contributed by atoms with E-state index in [-0.39, 0.29) is 17.9 Å². The first-order chi connectivity index (χ1) is 13.5. The predicted octanol–water partition coefficient (Wildman–Crippen LogP) is 4.33. The lowest BCUT2D eigenvalue weighted by molar-refractivity contribution is -0.126. The van der Waals surface area contributed by atoms with Crippen LogP contribution in [-0.2, 0) is 4.79 Å². The van der Waals surface area contributed by atoms with E-state index in [1.165, 1.54) is 11.1 Å². The van der Waals surface area contributed by atoms with Gasteiger partial charge in [0.25, 0.3) is 0 Å². The molecule has 0 unspecified atom stereocenters. The highest BCUT2D eigenvalue weighted by molar-refractivity contribution is 5.80. The normalized spacial score (nSPS) is 18.4. The van der Waals surface area contributed by atoms with E-state index >= 15 is 0 Å². The molecular formula is C23H32N4O. The molecule has 28 heavy (non-hydrogen) atoms. The molecule has 5 heteroatoms. The zero-order chi connectivity index (χ0) is 20.1. The molecule has 1 aliphatic rings. The molecule has 2 atom stereocenters. The van der Waals surface area contributed by atoms with Crippen molar-refractivity contribution in [3.05, 3.63) is 53.9 Å². The van der Waals surface area contributed by atoms with Crippen LogP contribution < -0.4 is 10.2 Å². The molecule has 1 fully saturated rings. The monoisotopic (exact) mass is 380 g/mol. The van der Waals surface area contributed by atoms with E-state index in [1.54, 1.807) is 12.4 Å². The third kappa shape index (κ3) is 4.89. The van der Waals surface area contributed by atoms with Crippen molar-refractivity contribution in [2.45, 2.75) is 52.5 Å². The van der Waals surface area contributed by atoms with Crippen LogP contribution in [0.25, 0.3) is 0 Å². The molecule has 0 aliphatic carbocycles. The highest BCUT2D eigenvalue weighted by Crippen LogP contribution is 2.26. The van der Waals surface area contributed by atoms with E-state index in [0.717, 1.165) is 19.4 Å². The van der Waals surface area contributed by atoms with Crippen molar-refractivity contribution in [1.29, 1.82) is 0 Å². The van der Waals surface area contributed by atoms with Gasteiger partial charge in [0.15, 0.2) is 0 Å². The first-order valence-corrected chi connectivity index (χ1v) is 10.4. The van der Waals surface area contributed by atoms with Crippen molar-refractivity contribution in [3.63, 3.8) is 0 Å². The Morgan fingerprint density at radius 3 is 2.32 bits per heavy atom. The van der Waals surface area contributed by atoms with Gasteiger partial charge in [-0.25, -0.2) is 9.97 Å². The van der Waals surface area contributed by atoms with Gasteiger partial charge in [-0.1, -0.05) is 52.0 Å². The van der Waals surface area contributed by atoms with Gasteiger partial charge in [-0.2, -0.15) is 0 Å². The third-order valence-corrected chi connectivity index (χ3v) is 5.55. The van der Waals surface area contributed by atoms with Crippen LogP contribution in [0.3, 0.4) is 0 Å². The van der Waals surface area contributed by atoms with Gasteiger partial charge in [0, 0.05) is 25.5 Å². The van der Waals surface area contributed by atoms with Gasteiger partial charge in [0.05, 0.1) is 12.0 Å². The van der Waals surface area contributed by atoms with Gasteiger partial charge in [0.2, 0.25) is 11.9 Å². The molecule has 1 aromatic heterocycles. The number of hydrogen-bond donors (Lipinski definition) is 1. The summed E-state index contributed by atoms with van der Waals surface area (Å²) in [6.07, 6.45) is 5.39. The molecule has 150 valence electrons. The number of piperidine rings is 1. The second-order valence-corrected chi connectivity index (χ2v) is 8.39. The fourth-order valence-electron chi connectivity index (χ4n) is 3.82. The van der Waals surface area contributed by atoms with Crippen LogP contribution in [0.15, 0.2) is 42.7 Å². The van der Waals surface area contributed by atoms with Crippen molar-refractivity contribution in [2.24, 2.45) is 11.8 Å².